The monoisotopic (exact) mass is 465 g/mol. The van der Waals surface area contributed by atoms with Crippen molar-refractivity contribution in [3.63, 3.8) is 0 Å². The number of rotatable bonds is 7. The van der Waals surface area contributed by atoms with Crippen LogP contribution in [0.1, 0.15) is 29.5 Å². The molecule has 35 heavy (non-hydrogen) atoms. The van der Waals surface area contributed by atoms with Gasteiger partial charge in [-0.3, -0.25) is 9.59 Å². The van der Waals surface area contributed by atoms with Crippen LogP contribution >= 0.6 is 0 Å². The van der Waals surface area contributed by atoms with E-state index in [1.165, 1.54) is 18.5 Å². The summed E-state index contributed by atoms with van der Waals surface area (Å²) in [4.78, 5) is 34.7. The summed E-state index contributed by atoms with van der Waals surface area (Å²) in [6.07, 6.45) is 7.88. The van der Waals surface area contributed by atoms with E-state index < -0.39 is 5.91 Å². The van der Waals surface area contributed by atoms with Gasteiger partial charge in [-0.05, 0) is 48.2 Å². The number of fused-ring (bicyclic) bond motifs is 1. The first-order valence-corrected chi connectivity index (χ1v) is 11.7. The number of benzene rings is 2. The number of hydrogen-bond donors (Lipinski definition) is 3. The minimum absolute atomic E-state index is 0.116. The lowest BCUT2D eigenvalue weighted by Crippen LogP contribution is -2.18. The first-order valence-electron chi connectivity index (χ1n) is 11.7. The van der Waals surface area contributed by atoms with Crippen LogP contribution < -0.4 is 16.0 Å². The molecule has 7 heteroatoms. The third-order valence-electron chi connectivity index (χ3n) is 6.27. The van der Waals surface area contributed by atoms with Crippen LogP contribution in [-0.4, -0.2) is 34.9 Å². The highest BCUT2D eigenvalue weighted by Crippen LogP contribution is 2.26. The molecule has 1 aliphatic rings. The number of nitrogens with two attached hydrogens (primary N) is 1. The SMILES string of the molecule is NC(=O)/C(=C\c1c[nH]c2ncc(NC(=O)Cc3ccc(N4CCCC4)cc3)cc12)c1ccccc1. The largest absolute Gasteiger partial charge is 0.372 e. The lowest BCUT2D eigenvalue weighted by Gasteiger charge is -2.17. The Balaban J connectivity index is 1.33. The van der Waals surface area contributed by atoms with Crippen LogP contribution in [-0.2, 0) is 16.0 Å². The van der Waals surface area contributed by atoms with Gasteiger partial charge in [0.05, 0.1) is 18.3 Å². The van der Waals surface area contributed by atoms with Crippen molar-refractivity contribution in [3.05, 3.63) is 89.7 Å². The maximum atomic E-state index is 12.7. The molecule has 2 aromatic heterocycles. The van der Waals surface area contributed by atoms with E-state index in [0.29, 0.717) is 16.9 Å². The lowest BCUT2D eigenvalue weighted by atomic mass is 10.0. The third kappa shape index (κ3) is 5.09. The molecule has 4 N–H and O–H groups in total. The van der Waals surface area contributed by atoms with Gasteiger partial charge in [-0.15, -0.1) is 0 Å². The van der Waals surface area contributed by atoms with E-state index in [9.17, 15) is 9.59 Å². The lowest BCUT2D eigenvalue weighted by molar-refractivity contribution is -0.115. The second kappa shape index (κ2) is 9.85. The molecule has 176 valence electrons. The molecule has 1 saturated heterocycles. The number of nitrogens with one attached hydrogen (secondary N) is 2. The molecule has 3 heterocycles. The van der Waals surface area contributed by atoms with Gasteiger partial charge in [0.25, 0.3) is 0 Å². The fourth-order valence-corrected chi connectivity index (χ4v) is 4.47. The van der Waals surface area contributed by atoms with E-state index >= 15 is 0 Å². The number of hydrogen-bond acceptors (Lipinski definition) is 4. The molecule has 1 fully saturated rings. The summed E-state index contributed by atoms with van der Waals surface area (Å²) in [5.41, 5.74) is 11.0. The quantitative estimate of drug-likeness (QED) is 0.353. The average Bonchev–Trinajstić information content (AvgIpc) is 3.54. The molecule has 0 radical (unpaired) electrons. The summed E-state index contributed by atoms with van der Waals surface area (Å²) >= 11 is 0. The minimum Gasteiger partial charge on any atom is -0.372 e. The van der Waals surface area contributed by atoms with Crippen molar-refractivity contribution < 1.29 is 9.59 Å². The van der Waals surface area contributed by atoms with E-state index in [4.69, 9.17) is 5.73 Å². The van der Waals surface area contributed by atoms with E-state index in [1.807, 2.05) is 48.5 Å². The molecule has 0 unspecified atom stereocenters. The first kappa shape index (κ1) is 22.4. The Morgan fingerprint density at radius 3 is 2.51 bits per heavy atom. The van der Waals surface area contributed by atoms with Gasteiger partial charge >= 0.3 is 0 Å². The summed E-state index contributed by atoms with van der Waals surface area (Å²) in [5.74, 6) is -0.631. The summed E-state index contributed by atoms with van der Waals surface area (Å²) < 4.78 is 0. The first-order chi connectivity index (χ1) is 17.1. The van der Waals surface area contributed by atoms with Gasteiger partial charge in [0.2, 0.25) is 11.8 Å². The van der Waals surface area contributed by atoms with Crippen molar-refractivity contribution in [1.82, 2.24) is 9.97 Å². The second-order valence-corrected chi connectivity index (χ2v) is 8.74. The number of aromatic amines is 1. The number of pyridine rings is 1. The molecular weight excluding hydrogens is 438 g/mol. The third-order valence-corrected chi connectivity index (χ3v) is 6.27. The van der Waals surface area contributed by atoms with Crippen molar-refractivity contribution in [2.24, 2.45) is 5.73 Å². The van der Waals surface area contributed by atoms with Crippen molar-refractivity contribution >= 4 is 45.9 Å². The molecule has 2 amide bonds. The molecule has 0 atom stereocenters. The molecule has 7 nitrogen and oxygen atoms in total. The Hall–Kier alpha value is -4.39. The Morgan fingerprint density at radius 1 is 1.06 bits per heavy atom. The van der Waals surface area contributed by atoms with Gasteiger partial charge in [0.15, 0.2) is 0 Å². The number of anilines is 2. The normalized spacial score (nSPS) is 13.8. The van der Waals surface area contributed by atoms with Crippen LogP contribution in [0, 0.1) is 0 Å². The Kier molecular flexibility index (Phi) is 6.30. The van der Waals surface area contributed by atoms with Gasteiger partial charge in [-0.1, -0.05) is 42.5 Å². The predicted molar refractivity (Wildman–Crippen MR) is 140 cm³/mol. The van der Waals surface area contributed by atoms with Crippen LogP contribution in [0.4, 0.5) is 11.4 Å². The summed E-state index contributed by atoms with van der Waals surface area (Å²) in [6, 6.07) is 19.3. The maximum Gasteiger partial charge on any atom is 0.249 e. The molecule has 0 saturated carbocycles. The van der Waals surface area contributed by atoms with Crippen molar-refractivity contribution in [2.75, 3.05) is 23.3 Å². The molecule has 2 aromatic carbocycles. The number of primary amides is 1. The number of carbonyl (C=O) groups excluding carboxylic acids is 2. The van der Waals surface area contributed by atoms with Crippen molar-refractivity contribution in [2.45, 2.75) is 19.3 Å². The van der Waals surface area contributed by atoms with Crippen LogP contribution in [0.5, 0.6) is 0 Å². The number of aromatic nitrogens is 2. The fraction of sp³-hybridized carbons (Fsp3) is 0.179. The van der Waals surface area contributed by atoms with Gasteiger partial charge < -0.3 is 20.9 Å². The van der Waals surface area contributed by atoms with E-state index in [2.05, 4.69) is 32.3 Å². The highest BCUT2D eigenvalue weighted by Gasteiger charge is 2.14. The predicted octanol–water partition coefficient (Wildman–Crippen LogP) is 4.37. The Labute approximate surface area is 203 Å². The van der Waals surface area contributed by atoms with Crippen LogP contribution in [0.15, 0.2) is 73.1 Å². The summed E-state index contributed by atoms with van der Waals surface area (Å²) in [6.45, 7) is 2.19. The van der Waals surface area contributed by atoms with E-state index in [-0.39, 0.29) is 12.3 Å². The Bertz CT molecular complexity index is 1380. The van der Waals surface area contributed by atoms with E-state index in [0.717, 1.165) is 35.2 Å². The summed E-state index contributed by atoms with van der Waals surface area (Å²) in [7, 11) is 0. The fourth-order valence-electron chi connectivity index (χ4n) is 4.47. The van der Waals surface area contributed by atoms with Gasteiger partial charge in [0.1, 0.15) is 5.65 Å². The van der Waals surface area contributed by atoms with E-state index in [1.54, 1.807) is 18.5 Å². The highest BCUT2D eigenvalue weighted by molar-refractivity contribution is 6.24. The molecule has 5 rings (SSSR count). The smallest absolute Gasteiger partial charge is 0.249 e. The highest BCUT2D eigenvalue weighted by atomic mass is 16.2. The zero-order chi connectivity index (χ0) is 24.2. The number of amides is 2. The minimum atomic E-state index is -0.515. The standard InChI is InChI=1S/C28H27N5O2/c29-27(35)24(20-6-2-1-3-7-20)15-21-17-30-28-25(21)16-22(18-31-28)32-26(34)14-19-8-10-23(11-9-19)33-12-4-5-13-33/h1-3,6-11,15-18H,4-5,12-14H2,(H2,29,35)(H,30,31)(H,32,34)/b24-15-. The molecule has 4 aromatic rings. The molecule has 0 bridgehead atoms. The molecule has 0 aliphatic carbocycles. The zero-order valence-corrected chi connectivity index (χ0v) is 19.3. The van der Waals surface area contributed by atoms with Gasteiger partial charge in [-0.2, -0.15) is 0 Å². The molecular formula is C28H27N5O2. The van der Waals surface area contributed by atoms with Crippen LogP contribution in [0.25, 0.3) is 22.7 Å². The van der Waals surface area contributed by atoms with Gasteiger partial charge in [0, 0.05) is 41.5 Å². The van der Waals surface area contributed by atoms with Gasteiger partial charge in [-0.25, -0.2) is 4.98 Å². The second-order valence-electron chi connectivity index (χ2n) is 8.74. The van der Waals surface area contributed by atoms with Crippen LogP contribution in [0.3, 0.4) is 0 Å². The number of nitrogens with zero attached hydrogens (tertiary/aromatic N) is 2. The maximum absolute atomic E-state index is 12.7. The van der Waals surface area contributed by atoms with Crippen LogP contribution in [0.2, 0.25) is 0 Å². The number of carbonyl (C=O) groups is 2. The Morgan fingerprint density at radius 2 is 1.80 bits per heavy atom. The van der Waals surface area contributed by atoms with Crippen molar-refractivity contribution in [3.8, 4) is 0 Å². The molecule has 1 aliphatic heterocycles. The topological polar surface area (TPSA) is 104 Å². The number of H-pyrrole nitrogens is 1. The average molecular weight is 466 g/mol. The van der Waals surface area contributed by atoms with Crippen molar-refractivity contribution in [1.29, 1.82) is 0 Å². The molecule has 0 spiro atoms. The zero-order valence-electron chi connectivity index (χ0n) is 19.3. The summed E-state index contributed by atoms with van der Waals surface area (Å²) in [5, 5.41) is 3.72.